The zero-order valence-corrected chi connectivity index (χ0v) is 14.0. The van der Waals surface area contributed by atoms with Crippen molar-refractivity contribution in [3.8, 4) is 5.75 Å². The lowest BCUT2D eigenvalue weighted by molar-refractivity contribution is 0.104. The Bertz CT molecular complexity index is 649. The topological polar surface area (TPSA) is 59.3 Å². The Morgan fingerprint density at radius 2 is 2.13 bits per heavy atom. The maximum atomic E-state index is 9.99. The van der Waals surface area contributed by atoms with Gasteiger partial charge in [-0.1, -0.05) is 32.6 Å². The van der Waals surface area contributed by atoms with Crippen molar-refractivity contribution in [2.45, 2.75) is 32.9 Å². The molecule has 0 bridgehead atoms. The Morgan fingerprint density at radius 1 is 1.39 bits per heavy atom. The van der Waals surface area contributed by atoms with Crippen molar-refractivity contribution in [1.82, 2.24) is 14.9 Å². The Kier molecular flexibility index (Phi) is 5.96. The van der Waals surface area contributed by atoms with Gasteiger partial charge in [0.15, 0.2) is 0 Å². The summed E-state index contributed by atoms with van der Waals surface area (Å²) in [6.07, 6.45) is 3.05. The van der Waals surface area contributed by atoms with Gasteiger partial charge in [-0.2, -0.15) is 0 Å². The molecule has 1 aromatic carbocycles. The van der Waals surface area contributed by atoms with Crippen molar-refractivity contribution >= 4 is 5.70 Å². The molecule has 1 unspecified atom stereocenters. The first kappa shape index (κ1) is 17.2. The molecule has 2 N–H and O–H groups in total. The highest BCUT2D eigenvalue weighted by Crippen LogP contribution is 2.26. The molecule has 0 saturated carbocycles. The van der Waals surface area contributed by atoms with E-state index < -0.39 is 6.10 Å². The average molecular weight is 315 g/mol. The van der Waals surface area contributed by atoms with Crippen LogP contribution in [-0.4, -0.2) is 40.0 Å². The van der Waals surface area contributed by atoms with Gasteiger partial charge < -0.3 is 19.7 Å². The predicted octanol–water partition coefficient (Wildman–Crippen LogP) is 2.45. The summed E-state index contributed by atoms with van der Waals surface area (Å²) >= 11 is 0. The highest BCUT2D eigenvalue weighted by Gasteiger charge is 2.12. The van der Waals surface area contributed by atoms with Gasteiger partial charge in [0.05, 0.1) is 5.70 Å². The van der Waals surface area contributed by atoms with E-state index in [1.165, 1.54) is 0 Å². The molecule has 2 aromatic rings. The van der Waals surface area contributed by atoms with Crippen molar-refractivity contribution in [2.24, 2.45) is 0 Å². The van der Waals surface area contributed by atoms with E-state index in [4.69, 9.17) is 4.74 Å². The van der Waals surface area contributed by atoms with Crippen LogP contribution in [0.25, 0.3) is 5.70 Å². The summed E-state index contributed by atoms with van der Waals surface area (Å²) in [5.74, 6) is 1.57. The third kappa shape index (κ3) is 4.68. The molecule has 0 aliphatic carbocycles. The molecule has 0 aliphatic heterocycles. The van der Waals surface area contributed by atoms with Crippen LogP contribution in [-0.2, 0) is 0 Å². The highest BCUT2D eigenvalue weighted by atomic mass is 16.5. The number of aliphatic hydroxyl groups excluding tert-OH is 1. The predicted molar refractivity (Wildman–Crippen MR) is 92.5 cm³/mol. The third-order valence-corrected chi connectivity index (χ3v) is 3.51. The molecular weight excluding hydrogens is 290 g/mol. The number of imidazole rings is 1. The normalized spacial score (nSPS) is 12.4. The molecule has 0 spiro atoms. The van der Waals surface area contributed by atoms with Crippen LogP contribution >= 0.6 is 0 Å². The van der Waals surface area contributed by atoms with Crippen molar-refractivity contribution in [1.29, 1.82) is 0 Å². The van der Waals surface area contributed by atoms with Gasteiger partial charge in [-0.3, -0.25) is 0 Å². The van der Waals surface area contributed by atoms with Crippen molar-refractivity contribution in [3.05, 3.63) is 54.6 Å². The molecule has 1 heterocycles. The molecule has 0 radical (unpaired) electrons. The lowest BCUT2D eigenvalue weighted by atomic mass is 10.1. The maximum Gasteiger partial charge on any atom is 0.128 e. The highest BCUT2D eigenvalue weighted by molar-refractivity contribution is 5.69. The molecule has 5 nitrogen and oxygen atoms in total. The standard InChI is InChI=1S/C18H25N3O2/c1-13(2)20-11-16(22)12-23-18-8-6-5-7-17(18)14(3)21-10-9-19-15(21)4/h5-10,13,16,20,22H,3,11-12H2,1-2,4H3. The van der Waals surface area contributed by atoms with E-state index in [-0.39, 0.29) is 6.61 Å². The molecule has 0 amide bonds. The average Bonchev–Trinajstić information content (AvgIpc) is 2.96. The molecule has 0 fully saturated rings. The van der Waals surface area contributed by atoms with E-state index in [1.807, 2.05) is 55.8 Å². The molecular formula is C18H25N3O2. The fourth-order valence-corrected chi connectivity index (χ4v) is 2.24. The molecule has 23 heavy (non-hydrogen) atoms. The van der Waals surface area contributed by atoms with Crippen molar-refractivity contribution in [2.75, 3.05) is 13.2 Å². The second kappa shape index (κ2) is 7.94. The summed E-state index contributed by atoms with van der Waals surface area (Å²) in [7, 11) is 0. The van der Waals surface area contributed by atoms with Gasteiger partial charge in [0, 0.05) is 30.5 Å². The van der Waals surface area contributed by atoms with E-state index >= 15 is 0 Å². The third-order valence-electron chi connectivity index (χ3n) is 3.51. The molecule has 124 valence electrons. The van der Waals surface area contributed by atoms with Crippen molar-refractivity contribution in [3.63, 3.8) is 0 Å². The number of hydrogen-bond acceptors (Lipinski definition) is 4. The maximum absolute atomic E-state index is 9.99. The number of rotatable bonds is 8. The summed E-state index contributed by atoms with van der Waals surface area (Å²) in [5.41, 5.74) is 1.68. The van der Waals surface area contributed by atoms with Gasteiger partial charge in [-0.05, 0) is 19.1 Å². The van der Waals surface area contributed by atoms with Gasteiger partial charge in [0.25, 0.3) is 0 Å². The largest absolute Gasteiger partial charge is 0.490 e. The number of para-hydroxylation sites is 1. The smallest absolute Gasteiger partial charge is 0.128 e. The van der Waals surface area contributed by atoms with E-state index in [0.29, 0.717) is 18.3 Å². The Balaban J connectivity index is 2.06. The number of benzene rings is 1. The first-order valence-electron chi connectivity index (χ1n) is 7.82. The number of nitrogens with zero attached hydrogens (tertiary/aromatic N) is 2. The second-order valence-corrected chi connectivity index (χ2v) is 5.82. The molecule has 1 aromatic heterocycles. The van der Waals surface area contributed by atoms with Crippen LogP contribution in [0.15, 0.2) is 43.2 Å². The van der Waals surface area contributed by atoms with Gasteiger partial charge in [-0.25, -0.2) is 4.98 Å². The monoisotopic (exact) mass is 315 g/mol. The molecule has 5 heteroatoms. The van der Waals surface area contributed by atoms with Crippen LogP contribution in [0, 0.1) is 6.92 Å². The van der Waals surface area contributed by atoms with Crippen LogP contribution in [0.5, 0.6) is 5.75 Å². The molecule has 1 atom stereocenters. The van der Waals surface area contributed by atoms with Crippen molar-refractivity contribution < 1.29 is 9.84 Å². The van der Waals surface area contributed by atoms with Crippen LogP contribution < -0.4 is 10.1 Å². The molecule has 0 saturated heterocycles. The first-order valence-corrected chi connectivity index (χ1v) is 7.82. The Hall–Kier alpha value is -2.11. The van der Waals surface area contributed by atoms with Gasteiger partial charge in [0.1, 0.15) is 24.3 Å². The van der Waals surface area contributed by atoms with E-state index in [2.05, 4.69) is 16.9 Å². The van der Waals surface area contributed by atoms with E-state index in [0.717, 1.165) is 17.1 Å². The Labute approximate surface area is 137 Å². The quantitative estimate of drug-likeness (QED) is 0.785. The summed E-state index contributed by atoms with van der Waals surface area (Å²) in [6, 6.07) is 8.02. The van der Waals surface area contributed by atoms with Gasteiger partial charge in [-0.15, -0.1) is 0 Å². The summed E-state index contributed by atoms with van der Waals surface area (Å²) in [4.78, 5) is 4.22. The van der Waals surface area contributed by atoms with E-state index in [1.54, 1.807) is 6.20 Å². The van der Waals surface area contributed by atoms with Gasteiger partial charge >= 0.3 is 0 Å². The number of nitrogens with one attached hydrogen (secondary N) is 1. The minimum absolute atomic E-state index is 0.229. The first-order chi connectivity index (χ1) is 11.0. The number of aliphatic hydroxyl groups is 1. The fraction of sp³-hybridized carbons (Fsp3) is 0.389. The minimum atomic E-state index is -0.561. The number of hydrogen-bond donors (Lipinski definition) is 2. The Morgan fingerprint density at radius 3 is 2.78 bits per heavy atom. The van der Waals surface area contributed by atoms with Gasteiger partial charge in [0.2, 0.25) is 0 Å². The van der Waals surface area contributed by atoms with Crippen LogP contribution in [0.1, 0.15) is 25.2 Å². The molecule has 2 rings (SSSR count). The lowest BCUT2D eigenvalue weighted by Gasteiger charge is -2.18. The number of aryl methyl sites for hydroxylation is 1. The second-order valence-electron chi connectivity index (χ2n) is 5.82. The lowest BCUT2D eigenvalue weighted by Crippen LogP contribution is -2.35. The number of ether oxygens (including phenoxy) is 1. The number of aromatic nitrogens is 2. The fourth-order valence-electron chi connectivity index (χ4n) is 2.24. The zero-order chi connectivity index (χ0) is 16.8. The SMILES string of the molecule is C=C(c1ccccc1OCC(O)CNC(C)C)n1ccnc1C. The minimum Gasteiger partial charge on any atom is -0.490 e. The van der Waals surface area contributed by atoms with Crippen LogP contribution in [0.2, 0.25) is 0 Å². The summed E-state index contributed by atoms with van der Waals surface area (Å²) in [5, 5.41) is 13.2. The summed E-state index contributed by atoms with van der Waals surface area (Å²) < 4.78 is 7.72. The van der Waals surface area contributed by atoms with E-state index in [9.17, 15) is 5.11 Å². The molecule has 0 aliphatic rings. The van der Waals surface area contributed by atoms with Crippen LogP contribution in [0.3, 0.4) is 0 Å². The summed E-state index contributed by atoms with van der Waals surface area (Å²) in [6.45, 7) is 10.9. The van der Waals surface area contributed by atoms with Crippen LogP contribution in [0.4, 0.5) is 0 Å². The zero-order valence-electron chi connectivity index (χ0n) is 14.0.